The van der Waals surface area contributed by atoms with Crippen LogP contribution in [0.3, 0.4) is 0 Å². The Kier molecular flexibility index (Phi) is 4.03. The van der Waals surface area contributed by atoms with Gasteiger partial charge in [0.15, 0.2) is 4.33 Å². The molecule has 1 heterocycles. The number of alkyl halides is 4. The quantitative estimate of drug-likeness (QED) is 0.412. The highest BCUT2D eigenvalue weighted by Gasteiger charge is 2.87. The van der Waals surface area contributed by atoms with E-state index in [-0.39, 0.29) is 10.1 Å². The molecule has 3 aliphatic rings. The highest BCUT2D eigenvalue weighted by molar-refractivity contribution is 6.67. The summed E-state index contributed by atoms with van der Waals surface area (Å²) in [5, 5.41) is -0.184. The van der Waals surface area contributed by atoms with Crippen LogP contribution in [0.4, 0.5) is 5.69 Å². The summed E-state index contributed by atoms with van der Waals surface area (Å²) in [7, 11) is 0. The van der Waals surface area contributed by atoms with E-state index in [4.69, 9.17) is 69.6 Å². The number of carbonyl (C=O) groups is 2. The molecule has 2 amide bonds. The maximum Gasteiger partial charge on any atom is 0.240 e. The van der Waals surface area contributed by atoms with E-state index in [1.807, 2.05) is 26.0 Å². The van der Waals surface area contributed by atoms with Crippen LogP contribution in [-0.4, -0.2) is 25.9 Å². The van der Waals surface area contributed by atoms with Crippen molar-refractivity contribution in [1.29, 1.82) is 0 Å². The first-order valence-electron chi connectivity index (χ1n) is 7.69. The molecule has 1 aromatic carbocycles. The normalized spacial score (nSPS) is 37.8. The third-order valence-electron chi connectivity index (χ3n) is 5.50. The van der Waals surface area contributed by atoms with Crippen LogP contribution in [0.2, 0.25) is 0 Å². The minimum absolute atomic E-state index is 0.0919. The molecule has 0 N–H and O–H groups in total. The van der Waals surface area contributed by atoms with Crippen molar-refractivity contribution in [2.24, 2.45) is 11.8 Å². The van der Waals surface area contributed by atoms with Crippen LogP contribution < -0.4 is 4.90 Å². The number of amides is 2. The Morgan fingerprint density at radius 2 is 1.35 bits per heavy atom. The van der Waals surface area contributed by atoms with Gasteiger partial charge in [-0.2, -0.15) is 0 Å². The molecule has 138 valence electrons. The van der Waals surface area contributed by atoms with Crippen LogP contribution in [0.25, 0.3) is 0 Å². The van der Waals surface area contributed by atoms with E-state index in [9.17, 15) is 9.59 Å². The zero-order chi connectivity index (χ0) is 19.4. The molecule has 2 aliphatic carbocycles. The Hall–Kier alpha value is -0.160. The van der Waals surface area contributed by atoms with Crippen molar-refractivity contribution in [3.05, 3.63) is 39.4 Å². The predicted octanol–water partition coefficient (Wildman–Crippen LogP) is 5.25. The van der Waals surface area contributed by atoms with Crippen molar-refractivity contribution in [2.75, 3.05) is 4.90 Å². The maximum absolute atomic E-state index is 13.2. The van der Waals surface area contributed by atoms with Gasteiger partial charge in [0.1, 0.15) is 9.75 Å². The lowest BCUT2D eigenvalue weighted by Gasteiger charge is -2.34. The van der Waals surface area contributed by atoms with Gasteiger partial charge in [0, 0.05) is 0 Å². The Balaban J connectivity index is 1.92. The summed E-state index contributed by atoms with van der Waals surface area (Å²) in [6, 6.07) is 5.39. The predicted molar refractivity (Wildman–Crippen MR) is 106 cm³/mol. The molecule has 2 fully saturated rings. The van der Waals surface area contributed by atoms with Crippen molar-refractivity contribution in [3.63, 3.8) is 0 Å². The largest absolute Gasteiger partial charge is 0.274 e. The van der Waals surface area contributed by atoms with Crippen LogP contribution in [0, 0.1) is 25.7 Å². The van der Waals surface area contributed by atoms with Crippen LogP contribution >= 0.6 is 69.6 Å². The molecule has 4 atom stereocenters. The first kappa shape index (κ1) is 19.2. The van der Waals surface area contributed by atoms with Gasteiger partial charge in [-0.25, -0.2) is 4.90 Å². The zero-order valence-electron chi connectivity index (χ0n) is 13.4. The molecular formula is C17H11Cl6NO2. The number of imide groups is 1. The fraction of sp³-hybridized carbons (Fsp3) is 0.412. The van der Waals surface area contributed by atoms with E-state index in [1.54, 1.807) is 6.07 Å². The number of rotatable bonds is 1. The van der Waals surface area contributed by atoms with E-state index in [1.165, 1.54) is 0 Å². The highest BCUT2D eigenvalue weighted by atomic mass is 35.5. The molecule has 1 saturated carbocycles. The smallest absolute Gasteiger partial charge is 0.240 e. The van der Waals surface area contributed by atoms with Crippen LogP contribution in [-0.2, 0) is 9.59 Å². The number of benzene rings is 1. The highest BCUT2D eigenvalue weighted by Crippen LogP contribution is 2.77. The number of allylic oxidation sites excluding steroid dienone is 2. The van der Waals surface area contributed by atoms with Crippen LogP contribution in [0.15, 0.2) is 28.3 Å². The summed E-state index contributed by atoms with van der Waals surface area (Å²) in [4.78, 5) is 24.0. The molecule has 1 aliphatic heterocycles. The molecule has 0 spiro atoms. The summed E-state index contributed by atoms with van der Waals surface area (Å²) in [6.07, 6.45) is 0. The Bertz CT molecular complexity index is 882. The number of nitrogens with zero attached hydrogens (tertiary/aromatic N) is 1. The number of anilines is 1. The fourth-order valence-corrected chi connectivity index (χ4v) is 7.22. The number of carbonyl (C=O) groups excluding carboxylic acids is 2. The Labute approximate surface area is 180 Å². The Morgan fingerprint density at radius 1 is 0.885 bits per heavy atom. The summed E-state index contributed by atoms with van der Waals surface area (Å²) in [6.45, 7) is 3.73. The third-order valence-corrected chi connectivity index (χ3v) is 9.76. The van der Waals surface area contributed by atoms with Crippen molar-refractivity contribution in [2.45, 2.75) is 27.9 Å². The molecule has 0 unspecified atom stereocenters. The molecule has 9 heteroatoms. The molecule has 1 saturated heterocycles. The molecule has 4 rings (SSSR count). The number of hydrogen-bond donors (Lipinski definition) is 0. The van der Waals surface area contributed by atoms with Gasteiger partial charge in [-0.1, -0.05) is 64.1 Å². The topological polar surface area (TPSA) is 37.4 Å². The average molecular weight is 474 g/mol. The van der Waals surface area contributed by atoms with E-state index in [0.717, 1.165) is 16.0 Å². The van der Waals surface area contributed by atoms with Crippen molar-refractivity contribution < 1.29 is 9.59 Å². The summed E-state index contributed by atoms with van der Waals surface area (Å²) >= 11 is 38.8. The monoisotopic (exact) mass is 471 g/mol. The molecule has 0 aromatic heterocycles. The second kappa shape index (κ2) is 5.46. The standard InChI is InChI=1S/C17H11Cl6NO2/c1-6-3-4-8(7(2)5-6)24-13(25)9-10(14(24)26)16(21)12(19)11(18)15(9,20)17(16,22)23/h3-5,9-10H,1-2H3/t9-,10-,15-,16-/m1/s1. The number of aryl methyl sites for hydroxylation is 2. The van der Waals surface area contributed by atoms with Crippen molar-refractivity contribution in [1.82, 2.24) is 0 Å². The van der Waals surface area contributed by atoms with Crippen molar-refractivity contribution >= 4 is 87.1 Å². The summed E-state index contributed by atoms with van der Waals surface area (Å²) in [5.74, 6) is -3.31. The van der Waals surface area contributed by atoms with Gasteiger partial charge in [0.25, 0.3) is 0 Å². The minimum Gasteiger partial charge on any atom is -0.274 e. The minimum atomic E-state index is -1.91. The van der Waals surface area contributed by atoms with Gasteiger partial charge in [-0.3, -0.25) is 9.59 Å². The fourth-order valence-electron chi connectivity index (χ4n) is 4.29. The third kappa shape index (κ3) is 1.81. The van der Waals surface area contributed by atoms with E-state index < -0.39 is 37.7 Å². The molecule has 1 aromatic rings. The summed E-state index contributed by atoms with van der Waals surface area (Å²) < 4.78 is -1.91. The number of hydrogen-bond acceptors (Lipinski definition) is 2. The number of halogens is 6. The zero-order valence-corrected chi connectivity index (χ0v) is 18.0. The average Bonchev–Trinajstić information content (AvgIpc) is 2.93. The molecule has 2 bridgehead atoms. The second-order valence-corrected chi connectivity index (χ2v) is 10.2. The van der Waals surface area contributed by atoms with E-state index in [2.05, 4.69) is 0 Å². The lowest BCUT2D eigenvalue weighted by molar-refractivity contribution is -0.123. The van der Waals surface area contributed by atoms with Gasteiger partial charge in [0.2, 0.25) is 11.8 Å². The van der Waals surface area contributed by atoms with Crippen LogP contribution in [0.5, 0.6) is 0 Å². The number of fused-ring (bicyclic) bond motifs is 5. The van der Waals surface area contributed by atoms with Crippen LogP contribution in [0.1, 0.15) is 11.1 Å². The SMILES string of the molecule is Cc1ccc(N2C(=O)[C@H]3[C@H](C2=O)[C@@]2(Cl)C(Cl)=C(Cl)[C@@]3(Cl)C2(Cl)Cl)c(C)c1. The Morgan fingerprint density at radius 3 is 1.77 bits per heavy atom. The lowest BCUT2D eigenvalue weighted by Crippen LogP contribution is -2.50. The van der Waals surface area contributed by atoms with Gasteiger partial charge >= 0.3 is 0 Å². The second-order valence-electron chi connectivity index (χ2n) is 6.88. The van der Waals surface area contributed by atoms with E-state index >= 15 is 0 Å². The lowest BCUT2D eigenvalue weighted by atomic mass is 9.84. The van der Waals surface area contributed by atoms with Gasteiger partial charge in [-0.15, -0.1) is 23.2 Å². The van der Waals surface area contributed by atoms with Gasteiger partial charge in [0.05, 0.1) is 27.6 Å². The van der Waals surface area contributed by atoms with Crippen molar-refractivity contribution in [3.8, 4) is 0 Å². The molecular weight excluding hydrogens is 463 g/mol. The van der Waals surface area contributed by atoms with E-state index in [0.29, 0.717) is 5.69 Å². The molecule has 26 heavy (non-hydrogen) atoms. The molecule has 0 radical (unpaired) electrons. The maximum atomic E-state index is 13.2. The first-order chi connectivity index (χ1) is 11.9. The first-order valence-corrected chi connectivity index (χ1v) is 9.96. The van der Waals surface area contributed by atoms with Gasteiger partial charge < -0.3 is 0 Å². The van der Waals surface area contributed by atoms with Gasteiger partial charge in [-0.05, 0) is 25.5 Å². The molecule has 3 nitrogen and oxygen atoms in total. The summed E-state index contributed by atoms with van der Waals surface area (Å²) in [5.41, 5.74) is 2.22.